The largest absolute Gasteiger partial charge is 0.396 e. The van der Waals surface area contributed by atoms with E-state index in [0.29, 0.717) is 12.8 Å². The molecule has 1 aromatic carbocycles. The van der Waals surface area contributed by atoms with Gasteiger partial charge in [-0.3, -0.25) is 4.79 Å². The molecule has 2 rings (SSSR count). The summed E-state index contributed by atoms with van der Waals surface area (Å²) in [6.07, 6.45) is 0.928. The Morgan fingerprint density at radius 1 is 1.50 bits per heavy atom. The molecule has 0 bridgehead atoms. The second-order valence-electron chi connectivity index (χ2n) is 4.46. The first-order valence-corrected chi connectivity index (χ1v) is 7.69. The Morgan fingerprint density at radius 2 is 2.20 bits per heavy atom. The van der Waals surface area contributed by atoms with E-state index in [4.69, 9.17) is 17.3 Å². The van der Waals surface area contributed by atoms with E-state index < -0.39 is 15.8 Å². The van der Waals surface area contributed by atoms with Crippen LogP contribution in [0.2, 0.25) is 5.02 Å². The molecule has 4 N–H and O–H groups in total. The van der Waals surface area contributed by atoms with Crippen LogP contribution in [0, 0.1) is 5.82 Å². The molecule has 1 unspecified atom stereocenters. The number of halogens is 2. The fourth-order valence-corrected chi connectivity index (χ4v) is 3.50. The van der Waals surface area contributed by atoms with E-state index in [1.807, 2.05) is 0 Å². The number of anilines is 1. The van der Waals surface area contributed by atoms with Gasteiger partial charge in [0.25, 0.3) is 0 Å². The van der Waals surface area contributed by atoms with E-state index in [1.54, 1.807) is 0 Å². The number of nitrogens with one attached hydrogen (secondary N) is 2. The fourth-order valence-electron chi connectivity index (χ4n) is 1.87. The maximum Gasteiger partial charge on any atom is 0.242 e. The molecule has 1 atom stereocenters. The molecule has 6 nitrogen and oxygen atoms in total. The molecule has 1 aromatic rings. The van der Waals surface area contributed by atoms with Gasteiger partial charge in [-0.1, -0.05) is 11.6 Å². The Balaban J connectivity index is 2.14. The second kappa shape index (κ2) is 5.55. The maximum absolute atomic E-state index is 13.2. The van der Waals surface area contributed by atoms with Crippen LogP contribution in [0.1, 0.15) is 12.8 Å². The number of nitrogens with two attached hydrogens (primary N) is 1. The van der Waals surface area contributed by atoms with Gasteiger partial charge in [0, 0.05) is 19.0 Å². The average molecular weight is 322 g/mol. The van der Waals surface area contributed by atoms with Crippen LogP contribution in [0.5, 0.6) is 0 Å². The minimum absolute atomic E-state index is 0.0433. The molecular weight excluding hydrogens is 309 g/mol. The number of hydrogen-bond donors (Lipinski definition) is 3. The Bertz CT molecular complexity index is 651. The topological polar surface area (TPSA) is 101 Å². The lowest BCUT2D eigenvalue weighted by atomic mass is 10.2. The molecule has 20 heavy (non-hydrogen) atoms. The van der Waals surface area contributed by atoms with Gasteiger partial charge in [-0.05, 0) is 18.6 Å². The summed E-state index contributed by atoms with van der Waals surface area (Å²) in [4.78, 5) is 10.7. The molecule has 1 fully saturated rings. The quantitative estimate of drug-likeness (QED) is 0.707. The zero-order valence-corrected chi connectivity index (χ0v) is 11.9. The zero-order chi connectivity index (χ0) is 14.9. The van der Waals surface area contributed by atoms with E-state index in [0.717, 1.165) is 12.1 Å². The number of nitrogen functional groups attached to an aromatic ring is 1. The van der Waals surface area contributed by atoms with E-state index in [-0.39, 0.29) is 34.1 Å². The Kier molecular flexibility index (Phi) is 4.17. The molecule has 0 aliphatic carbocycles. The molecule has 0 spiro atoms. The normalized spacial score (nSPS) is 19.1. The molecule has 1 heterocycles. The Labute approximate surface area is 120 Å². The molecule has 0 aromatic heterocycles. The van der Waals surface area contributed by atoms with Crippen molar-refractivity contribution in [2.45, 2.75) is 23.8 Å². The predicted molar refractivity (Wildman–Crippen MR) is 72.2 cm³/mol. The van der Waals surface area contributed by atoms with Crippen molar-refractivity contribution in [3.63, 3.8) is 0 Å². The lowest BCUT2D eigenvalue weighted by Gasteiger charge is -2.13. The van der Waals surface area contributed by atoms with Gasteiger partial charge in [-0.2, -0.15) is 0 Å². The van der Waals surface area contributed by atoms with Gasteiger partial charge in [-0.15, -0.1) is 0 Å². The third kappa shape index (κ3) is 3.20. The van der Waals surface area contributed by atoms with Crippen molar-refractivity contribution in [2.24, 2.45) is 0 Å². The number of amides is 1. The third-order valence-corrected chi connectivity index (χ3v) is 4.83. The van der Waals surface area contributed by atoms with Crippen molar-refractivity contribution in [1.29, 1.82) is 0 Å². The standard InChI is InChI=1S/C11H13ClFN3O3S/c12-7-3-8(13)9(14)4-10(7)20(18,19)15-5-6-1-2-11(17)16-6/h3-4,6,15H,1-2,5,14H2,(H,16,17). The molecular formula is C11H13ClFN3O3S. The molecule has 1 amide bonds. The summed E-state index contributed by atoms with van der Waals surface area (Å²) in [6.45, 7) is 0.0433. The first-order chi connectivity index (χ1) is 9.29. The summed E-state index contributed by atoms with van der Waals surface area (Å²) in [5, 5.41) is 2.38. The summed E-state index contributed by atoms with van der Waals surface area (Å²) < 4.78 is 39.6. The number of sulfonamides is 1. The summed E-state index contributed by atoms with van der Waals surface area (Å²) in [5.41, 5.74) is 5.04. The van der Waals surface area contributed by atoms with Crippen LogP contribution in [0.15, 0.2) is 17.0 Å². The van der Waals surface area contributed by atoms with Crippen molar-refractivity contribution < 1.29 is 17.6 Å². The van der Waals surface area contributed by atoms with Crippen molar-refractivity contribution in [3.05, 3.63) is 23.0 Å². The number of benzene rings is 1. The first kappa shape index (κ1) is 15.0. The first-order valence-electron chi connectivity index (χ1n) is 5.83. The Hall–Kier alpha value is -1.38. The van der Waals surface area contributed by atoms with Crippen LogP contribution < -0.4 is 15.8 Å². The van der Waals surface area contributed by atoms with Crippen LogP contribution in [0.25, 0.3) is 0 Å². The van der Waals surface area contributed by atoms with E-state index in [9.17, 15) is 17.6 Å². The highest BCUT2D eigenvalue weighted by Crippen LogP contribution is 2.26. The van der Waals surface area contributed by atoms with Crippen LogP contribution in [-0.2, 0) is 14.8 Å². The van der Waals surface area contributed by atoms with Crippen molar-refractivity contribution >= 4 is 33.2 Å². The van der Waals surface area contributed by atoms with Gasteiger partial charge in [0.05, 0.1) is 10.7 Å². The van der Waals surface area contributed by atoms with Crippen LogP contribution in [0.4, 0.5) is 10.1 Å². The molecule has 0 saturated carbocycles. The molecule has 110 valence electrons. The van der Waals surface area contributed by atoms with Gasteiger partial charge in [0.1, 0.15) is 10.7 Å². The summed E-state index contributed by atoms with van der Waals surface area (Å²) >= 11 is 5.72. The van der Waals surface area contributed by atoms with Crippen LogP contribution in [-0.4, -0.2) is 26.9 Å². The molecule has 1 aliphatic rings. The van der Waals surface area contributed by atoms with Crippen LogP contribution in [0.3, 0.4) is 0 Å². The van der Waals surface area contributed by atoms with Crippen LogP contribution >= 0.6 is 11.6 Å². The fraction of sp³-hybridized carbons (Fsp3) is 0.364. The van der Waals surface area contributed by atoms with Gasteiger partial charge < -0.3 is 11.1 Å². The molecule has 1 aliphatic heterocycles. The molecule has 1 saturated heterocycles. The van der Waals surface area contributed by atoms with E-state index in [1.165, 1.54) is 0 Å². The SMILES string of the molecule is Nc1cc(S(=O)(=O)NCC2CCC(=O)N2)c(Cl)cc1F. The smallest absolute Gasteiger partial charge is 0.242 e. The zero-order valence-electron chi connectivity index (χ0n) is 10.3. The monoisotopic (exact) mass is 321 g/mol. The molecule has 9 heteroatoms. The van der Waals surface area contributed by atoms with Gasteiger partial charge in [0.15, 0.2) is 0 Å². The highest BCUT2D eigenvalue weighted by molar-refractivity contribution is 7.89. The Morgan fingerprint density at radius 3 is 2.80 bits per heavy atom. The summed E-state index contributed by atoms with van der Waals surface area (Å²) in [6, 6.07) is 1.56. The maximum atomic E-state index is 13.2. The van der Waals surface area contributed by atoms with Crippen molar-refractivity contribution in [3.8, 4) is 0 Å². The average Bonchev–Trinajstić information content (AvgIpc) is 2.77. The number of hydrogen-bond acceptors (Lipinski definition) is 4. The van der Waals surface area contributed by atoms with Crippen molar-refractivity contribution in [1.82, 2.24) is 10.0 Å². The summed E-state index contributed by atoms with van der Waals surface area (Å²) in [7, 11) is -3.92. The second-order valence-corrected chi connectivity index (χ2v) is 6.60. The summed E-state index contributed by atoms with van der Waals surface area (Å²) in [5.74, 6) is -0.893. The number of carbonyl (C=O) groups is 1. The van der Waals surface area contributed by atoms with Gasteiger partial charge >= 0.3 is 0 Å². The third-order valence-electron chi connectivity index (χ3n) is 2.95. The number of carbonyl (C=O) groups excluding carboxylic acids is 1. The predicted octanol–water partition coefficient (Wildman–Crippen LogP) is 0.618. The van der Waals surface area contributed by atoms with Crippen molar-refractivity contribution in [2.75, 3.05) is 12.3 Å². The minimum Gasteiger partial charge on any atom is -0.396 e. The highest BCUT2D eigenvalue weighted by Gasteiger charge is 2.25. The van der Waals surface area contributed by atoms with Gasteiger partial charge in [0.2, 0.25) is 15.9 Å². The van der Waals surface area contributed by atoms with E-state index >= 15 is 0 Å². The lowest BCUT2D eigenvalue weighted by molar-refractivity contribution is -0.119. The van der Waals surface area contributed by atoms with Gasteiger partial charge in [-0.25, -0.2) is 17.5 Å². The minimum atomic E-state index is -3.92. The lowest BCUT2D eigenvalue weighted by Crippen LogP contribution is -2.38. The molecule has 0 radical (unpaired) electrons. The van der Waals surface area contributed by atoms with E-state index in [2.05, 4.69) is 10.0 Å². The highest BCUT2D eigenvalue weighted by atomic mass is 35.5. The number of rotatable bonds is 4.